The maximum absolute atomic E-state index is 2.31. The molecule has 0 aliphatic heterocycles. The van der Waals surface area contributed by atoms with Gasteiger partial charge in [0.15, 0.2) is 0 Å². The monoisotopic (exact) mass is 696 g/mol. The molecule has 3 heteroatoms. The number of rotatable bonds is 8. The fraction of sp³-hybridized carbons (Fsp3) is 0. The third-order valence-electron chi connectivity index (χ3n) is 8.13. The second-order valence-corrected chi connectivity index (χ2v) is 15.5. The van der Waals surface area contributed by atoms with Gasteiger partial charge in [0.05, 0.1) is 0 Å². The van der Waals surface area contributed by atoms with Gasteiger partial charge in [0, 0.05) is 39.9 Å². The van der Waals surface area contributed by atoms with E-state index in [9.17, 15) is 0 Å². The molecule has 0 unspecified atom stereocenters. The summed E-state index contributed by atoms with van der Waals surface area (Å²) < 4.78 is 0. The van der Waals surface area contributed by atoms with Crippen molar-refractivity contribution in [1.82, 2.24) is 0 Å². The van der Waals surface area contributed by atoms with Gasteiger partial charge in [0.1, 0.15) is 0 Å². The Labute approximate surface area is 300 Å². The van der Waals surface area contributed by atoms with Gasteiger partial charge >= 0.3 is 0 Å². The average molecular weight is 697 g/mol. The molecule has 2 fully saturated rings. The Morgan fingerprint density at radius 2 is 0.458 bits per heavy atom. The second-order valence-electron chi connectivity index (χ2n) is 11.2. The Balaban J connectivity index is 0.000000615. The van der Waals surface area contributed by atoms with Crippen molar-refractivity contribution in [2.75, 3.05) is 0 Å². The minimum absolute atomic E-state index is 0. The predicted octanol–water partition coefficient (Wildman–Crippen LogP) is 9.59. The molecule has 0 spiro atoms. The fourth-order valence-corrected chi connectivity index (χ4v) is 11.6. The second kappa shape index (κ2) is 17.4. The van der Waals surface area contributed by atoms with Crippen LogP contribution < -0.4 is 21.2 Å². The average Bonchev–Trinajstić information content (AvgIpc) is 3.75. The summed E-state index contributed by atoms with van der Waals surface area (Å²) in [4.78, 5) is 0. The molecular formula is C45H35CoP2. The quantitative estimate of drug-likeness (QED) is 0.139. The van der Waals surface area contributed by atoms with Gasteiger partial charge in [0.2, 0.25) is 0 Å². The molecule has 2 aliphatic carbocycles. The molecular weight excluding hydrogens is 661 g/mol. The summed E-state index contributed by atoms with van der Waals surface area (Å²) in [6.45, 7) is 0. The zero-order valence-electron chi connectivity index (χ0n) is 26.4. The van der Waals surface area contributed by atoms with Crippen LogP contribution in [0, 0.1) is 55.3 Å². The molecule has 10 radical (unpaired) electrons. The SMILES string of the molecule is [CH]1[CH][CH][CH][CH]1.[Co].c1ccc([C]2[C](P(c3ccccc3)c3ccccc3)[C](c3ccccc3)[C]2P(c2ccccc2)c2ccccc2)cc1. The van der Waals surface area contributed by atoms with Crippen LogP contribution in [0.2, 0.25) is 0 Å². The van der Waals surface area contributed by atoms with Crippen molar-refractivity contribution >= 4 is 37.1 Å². The van der Waals surface area contributed by atoms with Crippen molar-refractivity contribution in [2.24, 2.45) is 0 Å². The van der Waals surface area contributed by atoms with Crippen LogP contribution in [0.15, 0.2) is 182 Å². The Bertz CT molecular complexity index is 1540. The van der Waals surface area contributed by atoms with E-state index in [4.69, 9.17) is 0 Å². The van der Waals surface area contributed by atoms with E-state index < -0.39 is 15.8 Å². The third kappa shape index (κ3) is 7.77. The number of hydrogen-bond donors (Lipinski definition) is 0. The first-order valence-corrected chi connectivity index (χ1v) is 18.7. The molecule has 0 N–H and O–H groups in total. The van der Waals surface area contributed by atoms with E-state index in [-0.39, 0.29) is 16.8 Å². The van der Waals surface area contributed by atoms with Crippen molar-refractivity contribution in [3.05, 3.63) is 248 Å². The van der Waals surface area contributed by atoms with Crippen LogP contribution in [-0.2, 0) is 16.8 Å². The van der Waals surface area contributed by atoms with E-state index in [1.54, 1.807) is 0 Å². The summed E-state index contributed by atoms with van der Waals surface area (Å²) in [6.07, 6.45) is 10.0. The molecule has 0 aromatic heterocycles. The van der Waals surface area contributed by atoms with Crippen LogP contribution >= 0.6 is 15.8 Å². The summed E-state index contributed by atoms with van der Waals surface area (Å²) in [7, 11) is -1.62. The van der Waals surface area contributed by atoms with Crippen LogP contribution in [0.5, 0.6) is 0 Å². The fourth-order valence-electron chi connectivity index (χ4n) is 6.06. The van der Waals surface area contributed by atoms with Gasteiger partial charge in [-0.05, 0) is 80.3 Å². The first kappa shape index (κ1) is 34.5. The van der Waals surface area contributed by atoms with Crippen LogP contribution in [0.3, 0.4) is 0 Å². The van der Waals surface area contributed by atoms with Crippen LogP contribution in [0.25, 0.3) is 0 Å². The standard InChI is InChI=1S/C40H30P2.C5H5.Co/c1-7-19-31(20-8-1)37-39(41(33-23-11-3-12-24-33)34-25-13-4-14-26-34)38(32-21-9-2-10-22-32)40(37)42(35-27-15-5-16-28-35)36-29-17-6-18-30-36;1-2-4-5-3-1;/h1-30H;1-5H;. The Morgan fingerprint density at radius 3 is 0.688 bits per heavy atom. The minimum Gasteiger partial charge on any atom is -0.0622 e. The van der Waals surface area contributed by atoms with E-state index in [1.807, 2.05) is 32.1 Å². The molecule has 0 atom stereocenters. The van der Waals surface area contributed by atoms with Crippen LogP contribution in [0.1, 0.15) is 11.1 Å². The van der Waals surface area contributed by atoms with Gasteiger partial charge in [-0.2, -0.15) is 0 Å². The van der Waals surface area contributed by atoms with E-state index in [0.29, 0.717) is 0 Å². The molecule has 6 aromatic rings. The Morgan fingerprint density at radius 1 is 0.250 bits per heavy atom. The molecule has 0 amide bonds. The molecule has 2 aliphatic rings. The predicted molar refractivity (Wildman–Crippen MR) is 204 cm³/mol. The van der Waals surface area contributed by atoms with E-state index >= 15 is 0 Å². The molecule has 6 aromatic carbocycles. The van der Waals surface area contributed by atoms with E-state index in [0.717, 1.165) is 0 Å². The van der Waals surface area contributed by atoms with E-state index in [2.05, 4.69) is 182 Å². The molecule has 0 heterocycles. The van der Waals surface area contributed by atoms with Crippen LogP contribution in [-0.4, -0.2) is 0 Å². The van der Waals surface area contributed by atoms with Crippen molar-refractivity contribution in [1.29, 1.82) is 0 Å². The maximum Gasteiger partial charge on any atom is 0.0337 e. The zero-order chi connectivity index (χ0) is 31.7. The van der Waals surface area contributed by atoms with Gasteiger partial charge in [-0.25, -0.2) is 0 Å². The molecule has 0 bridgehead atoms. The number of benzene rings is 6. The third-order valence-corrected chi connectivity index (χ3v) is 13.2. The molecule has 2 saturated carbocycles. The number of hydrogen-bond acceptors (Lipinski definition) is 0. The van der Waals surface area contributed by atoms with Gasteiger partial charge in [-0.15, -0.1) is 0 Å². The minimum atomic E-state index is -0.808. The van der Waals surface area contributed by atoms with Crippen molar-refractivity contribution in [3.63, 3.8) is 0 Å². The van der Waals surface area contributed by atoms with Gasteiger partial charge < -0.3 is 0 Å². The summed E-state index contributed by atoms with van der Waals surface area (Å²) in [6, 6.07) is 66.6. The van der Waals surface area contributed by atoms with Crippen molar-refractivity contribution in [3.8, 4) is 0 Å². The largest absolute Gasteiger partial charge is 0.0622 e. The maximum atomic E-state index is 2.31. The normalized spacial score (nSPS) is 15.4. The molecule has 0 saturated heterocycles. The summed E-state index contributed by atoms with van der Waals surface area (Å²) >= 11 is 0. The van der Waals surface area contributed by atoms with Crippen molar-refractivity contribution in [2.45, 2.75) is 0 Å². The van der Waals surface area contributed by atoms with Crippen LogP contribution in [0.4, 0.5) is 0 Å². The smallest absolute Gasteiger partial charge is 0.0337 e. The van der Waals surface area contributed by atoms with Crippen molar-refractivity contribution < 1.29 is 16.8 Å². The van der Waals surface area contributed by atoms with E-state index in [1.165, 1.54) is 55.5 Å². The van der Waals surface area contributed by atoms with Gasteiger partial charge in [-0.1, -0.05) is 182 Å². The van der Waals surface area contributed by atoms with Gasteiger partial charge in [-0.3, -0.25) is 0 Å². The zero-order valence-corrected chi connectivity index (χ0v) is 29.3. The topological polar surface area (TPSA) is 0 Å². The Kier molecular flexibility index (Phi) is 12.5. The summed E-state index contributed by atoms with van der Waals surface area (Å²) in [5.74, 6) is 2.82. The van der Waals surface area contributed by atoms with Gasteiger partial charge in [0.25, 0.3) is 0 Å². The molecule has 8 rings (SSSR count). The summed E-state index contributed by atoms with van der Waals surface area (Å²) in [5, 5.41) is 5.49. The molecule has 0 nitrogen and oxygen atoms in total. The molecule has 234 valence electrons. The first-order valence-electron chi connectivity index (χ1n) is 16.0. The summed E-state index contributed by atoms with van der Waals surface area (Å²) in [5.41, 5.74) is 5.52. The first-order chi connectivity index (χ1) is 23.4. The molecule has 48 heavy (non-hydrogen) atoms. The Hall–Kier alpha value is -3.31.